The number of carbonyl (C=O) groups is 3. The van der Waals surface area contributed by atoms with Crippen molar-refractivity contribution in [1.29, 1.82) is 0 Å². The molecule has 51 heavy (non-hydrogen) atoms. The molecule has 2 unspecified atom stereocenters. The fourth-order valence-electron chi connectivity index (χ4n) is 4.95. The number of carbonyl (C=O) groups excluding carboxylic acids is 2. The minimum Gasteiger partial charge on any atom is -0.489 e. The van der Waals surface area contributed by atoms with Gasteiger partial charge < -0.3 is 42.1 Å². The number of hydrogen-bond donors (Lipinski definition) is 7. The van der Waals surface area contributed by atoms with Crippen LogP contribution in [0.1, 0.15) is 37.9 Å². The van der Waals surface area contributed by atoms with Gasteiger partial charge in [-0.1, -0.05) is 17.3 Å². The number of carboxylic acid groups (broad SMARTS) is 1. The summed E-state index contributed by atoms with van der Waals surface area (Å²) in [5, 5.41) is 24.3. The standard InChI is InChI=1S/C30H41N9O10S2/c1-30(2)25(27(41)39(30)49-51(44,45)46)37-26(40)24(22-17-50-29(32)36-22)38-48-23(28(42)43)16-47-21-6-4-19(5-7-21)20(14-33-10-3-9-31)15-35-13-18-8-11-34-12-18/h4-7,14-15,17-18,23,25,33-34H,3,8-13,16,31H2,1-2H3,(H2,32,36)(H,37,40)(H,42,43)(H,44,45,46)/b20-14+,35-15+,38-24-/t18?,23-,25?/m0/s1. The molecule has 3 atom stereocenters. The van der Waals surface area contributed by atoms with Crippen LogP contribution in [-0.4, -0.2) is 115 Å². The highest BCUT2D eigenvalue weighted by Gasteiger charge is 2.58. The number of benzene rings is 1. The molecule has 0 bridgehead atoms. The van der Waals surface area contributed by atoms with E-state index in [1.165, 1.54) is 19.2 Å². The predicted octanol–water partition coefficient (Wildman–Crippen LogP) is -0.222. The minimum atomic E-state index is -5.02. The molecule has 9 N–H and O–H groups in total. The number of aliphatic carboxylic acids is 1. The molecular weight excluding hydrogens is 711 g/mol. The van der Waals surface area contributed by atoms with Crippen LogP contribution in [-0.2, 0) is 33.9 Å². The van der Waals surface area contributed by atoms with Gasteiger partial charge in [-0.3, -0.25) is 19.1 Å². The van der Waals surface area contributed by atoms with Crippen LogP contribution in [0.15, 0.2) is 46.0 Å². The van der Waals surface area contributed by atoms with Crippen molar-refractivity contribution in [3.8, 4) is 5.75 Å². The van der Waals surface area contributed by atoms with Gasteiger partial charge in [0, 0.05) is 36.5 Å². The number of allylic oxidation sites excluding steroid dienone is 1. The van der Waals surface area contributed by atoms with Crippen molar-refractivity contribution < 1.29 is 46.3 Å². The van der Waals surface area contributed by atoms with E-state index in [9.17, 15) is 27.9 Å². The molecular formula is C30H41N9O10S2. The van der Waals surface area contributed by atoms with Crippen LogP contribution >= 0.6 is 11.3 Å². The van der Waals surface area contributed by atoms with Gasteiger partial charge in [0.25, 0.3) is 17.9 Å². The predicted molar refractivity (Wildman–Crippen MR) is 187 cm³/mol. The van der Waals surface area contributed by atoms with Crippen LogP contribution in [0.4, 0.5) is 5.13 Å². The molecule has 2 aromatic rings. The van der Waals surface area contributed by atoms with Gasteiger partial charge in [-0.2, -0.15) is 13.5 Å². The van der Waals surface area contributed by atoms with Crippen LogP contribution in [0.25, 0.3) is 5.57 Å². The molecule has 21 heteroatoms. The Bertz CT molecular complexity index is 1740. The number of nitrogens with two attached hydrogens (primary N) is 2. The number of nitrogens with one attached hydrogen (secondary N) is 3. The number of nitrogen functional groups attached to an aromatic ring is 1. The lowest BCUT2D eigenvalue weighted by atomic mass is 9.84. The minimum absolute atomic E-state index is 0.0570. The summed E-state index contributed by atoms with van der Waals surface area (Å²) in [6.07, 6.45) is 3.86. The Kier molecular flexibility index (Phi) is 13.4. The maximum absolute atomic E-state index is 13.3. The summed E-state index contributed by atoms with van der Waals surface area (Å²) >= 11 is 0.959. The highest BCUT2D eigenvalue weighted by molar-refractivity contribution is 7.80. The second kappa shape index (κ2) is 17.5. The van der Waals surface area contributed by atoms with Crippen molar-refractivity contribution in [2.24, 2.45) is 21.8 Å². The fourth-order valence-corrected chi connectivity index (χ4v) is 5.95. The number of oxime groups is 1. The largest absolute Gasteiger partial charge is 0.489 e. The highest BCUT2D eigenvalue weighted by Crippen LogP contribution is 2.33. The van der Waals surface area contributed by atoms with Gasteiger partial charge in [0.1, 0.15) is 24.1 Å². The lowest BCUT2D eigenvalue weighted by Crippen LogP contribution is -2.76. The molecule has 1 aromatic heterocycles. The molecule has 0 aliphatic carbocycles. The Morgan fingerprint density at radius 1 is 1.29 bits per heavy atom. The Hall–Kier alpha value is -4.67. The number of thiazole rings is 1. The summed E-state index contributed by atoms with van der Waals surface area (Å²) in [7, 11) is -5.02. The van der Waals surface area contributed by atoms with E-state index in [0.29, 0.717) is 36.4 Å². The summed E-state index contributed by atoms with van der Waals surface area (Å²) in [4.78, 5) is 51.7. The van der Waals surface area contributed by atoms with Crippen LogP contribution in [0.5, 0.6) is 5.75 Å². The summed E-state index contributed by atoms with van der Waals surface area (Å²) in [6, 6.07) is 5.57. The molecule has 1 aromatic carbocycles. The number of nitrogens with zero attached hydrogens (tertiary/aromatic N) is 4. The molecule has 2 saturated heterocycles. The quantitative estimate of drug-likeness (QED) is 0.0321. The van der Waals surface area contributed by atoms with Crippen molar-refractivity contribution in [2.75, 3.05) is 45.1 Å². The number of hydrogen-bond acceptors (Lipinski definition) is 16. The van der Waals surface area contributed by atoms with E-state index in [0.717, 1.165) is 48.4 Å². The molecule has 19 nitrogen and oxygen atoms in total. The summed E-state index contributed by atoms with van der Waals surface area (Å²) < 4.78 is 41.2. The van der Waals surface area contributed by atoms with Crippen LogP contribution in [0.2, 0.25) is 0 Å². The fraction of sp³-hybridized carbons (Fsp3) is 0.467. The van der Waals surface area contributed by atoms with Crippen molar-refractivity contribution in [1.82, 2.24) is 26.0 Å². The Morgan fingerprint density at radius 2 is 2.04 bits per heavy atom. The molecule has 2 fully saturated rings. The number of rotatable bonds is 19. The molecule has 0 spiro atoms. The topological polar surface area (TPSA) is 282 Å². The maximum atomic E-state index is 13.3. The summed E-state index contributed by atoms with van der Waals surface area (Å²) in [6.45, 7) is 6.10. The van der Waals surface area contributed by atoms with Crippen LogP contribution in [0.3, 0.4) is 0 Å². The van der Waals surface area contributed by atoms with Gasteiger partial charge in [-0.05, 0) is 69.9 Å². The molecule has 2 amide bonds. The smallest absolute Gasteiger partial charge is 0.418 e. The Morgan fingerprint density at radius 3 is 2.63 bits per heavy atom. The monoisotopic (exact) mass is 751 g/mol. The number of aromatic nitrogens is 1. The average molecular weight is 752 g/mol. The van der Waals surface area contributed by atoms with Crippen molar-refractivity contribution >= 4 is 62.2 Å². The van der Waals surface area contributed by atoms with Gasteiger partial charge in [0.2, 0.25) is 0 Å². The maximum Gasteiger partial charge on any atom is 0.418 e. The number of carboxylic acids is 1. The Labute approximate surface area is 298 Å². The number of amides is 2. The highest BCUT2D eigenvalue weighted by atomic mass is 32.3. The van der Waals surface area contributed by atoms with E-state index >= 15 is 0 Å². The summed E-state index contributed by atoms with van der Waals surface area (Å²) in [5.74, 6) is -2.66. The van der Waals surface area contributed by atoms with Gasteiger partial charge in [0.05, 0.1) is 5.54 Å². The summed E-state index contributed by atoms with van der Waals surface area (Å²) in [5.41, 5.74) is 10.9. The van der Waals surface area contributed by atoms with E-state index in [1.807, 2.05) is 12.4 Å². The number of anilines is 1. The zero-order valence-corrected chi connectivity index (χ0v) is 29.5. The van der Waals surface area contributed by atoms with E-state index in [-0.39, 0.29) is 10.8 Å². The van der Waals surface area contributed by atoms with Gasteiger partial charge in [-0.15, -0.1) is 15.6 Å². The normalized spacial score (nSPS) is 19.8. The number of aliphatic imine (C=N–C) groups is 1. The van der Waals surface area contributed by atoms with Crippen molar-refractivity contribution in [3.63, 3.8) is 0 Å². The Balaban J connectivity index is 1.43. The molecule has 0 saturated carbocycles. The lowest BCUT2D eigenvalue weighted by molar-refractivity contribution is -0.218. The van der Waals surface area contributed by atoms with Gasteiger partial charge in [0.15, 0.2) is 10.8 Å². The van der Waals surface area contributed by atoms with E-state index in [1.54, 1.807) is 24.3 Å². The zero-order chi connectivity index (χ0) is 37.2. The van der Waals surface area contributed by atoms with Gasteiger partial charge >= 0.3 is 16.4 Å². The van der Waals surface area contributed by atoms with E-state index < -0.39 is 58.2 Å². The number of β-lactam (4-membered cyclic amide) rings is 1. The van der Waals surface area contributed by atoms with Gasteiger partial charge in [-0.25, -0.2) is 9.78 Å². The molecule has 278 valence electrons. The molecule has 4 rings (SSSR count). The molecule has 2 aliphatic rings. The zero-order valence-electron chi connectivity index (χ0n) is 27.9. The van der Waals surface area contributed by atoms with Crippen molar-refractivity contribution in [3.05, 3.63) is 47.1 Å². The first-order valence-corrected chi connectivity index (χ1v) is 18.0. The first kappa shape index (κ1) is 39.1. The number of hydroxylamine groups is 2. The molecule has 0 radical (unpaired) electrons. The third-order valence-electron chi connectivity index (χ3n) is 7.78. The van der Waals surface area contributed by atoms with Crippen LogP contribution in [0, 0.1) is 5.92 Å². The molecule has 2 aliphatic heterocycles. The third kappa shape index (κ3) is 10.9. The second-order valence-electron chi connectivity index (χ2n) is 12.0. The first-order valence-electron chi connectivity index (χ1n) is 15.8. The van der Waals surface area contributed by atoms with Crippen molar-refractivity contribution in [2.45, 2.75) is 44.4 Å². The lowest BCUT2D eigenvalue weighted by Gasteiger charge is -2.50. The average Bonchev–Trinajstić information content (AvgIpc) is 3.76. The SMILES string of the molecule is CC1(C)C(NC(=O)/C(=N\O[C@@H](COc2ccc(C(=C/NCCCN)/C=N/CC3CCNC3)cc2)C(=O)O)c2csc(N)n2)C(=O)N1OS(=O)(=O)O. The first-order chi connectivity index (χ1) is 24.2. The van der Waals surface area contributed by atoms with Crippen LogP contribution < -0.4 is 32.2 Å². The number of ether oxygens (including phenoxy) is 1. The second-order valence-corrected chi connectivity index (χ2v) is 13.9. The third-order valence-corrected chi connectivity index (χ3v) is 8.79. The molecule has 3 heterocycles. The van der Waals surface area contributed by atoms with E-state index in [4.69, 9.17) is 25.6 Å². The van der Waals surface area contributed by atoms with E-state index in [2.05, 4.69) is 35.4 Å².